The van der Waals surface area contributed by atoms with Gasteiger partial charge in [0.1, 0.15) is 0 Å². The molecule has 16 heavy (non-hydrogen) atoms. The second kappa shape index (κ2) is 5.09. The highest BCUT2D eigenvalue weighted by Crippen LogP contribution is 2.10. The van der Waals surface area contributed by atoms with E-state index >= 15 is 0 Å². The van der Waals surface area contributed by atoms with Gasteiger partial charge in [0, 0.05) is 17.6 Å². The molecule has 1 aromatic carbocycles. The van der Waals surface area contributed by atoms with Gasteiger partial charge in [-0.25, -0.2) is 0 Å². The predicted molar refractivity (Wildman–Crippen MR) is 63.0 cm³/mol. The maximum Gasteiger partial charge on any atom is 0.249 e. The number of amides is 1. The molecule has 0 aliphatic rings. The lowest BCUT2D eigenvalue weighted by atomic mass is 10.0. The maximum atomic E-state index is 11.2. The van der Waals surface area contributed by atoms with Gasteiger partial charge in [0.25, 0.3) is 0 Å². The van der Waals surface area contributed by atoms with Crippen molar-refractivity contribution in [3.63, 3.8) is 0 Å². The number of carbonyl (C=O) groups excluding carboxylic acids is 1. The minimum atomic E-state index is -0.431. The normalized spacial score (nSPS) is 11.4. The summed E-state index contributed by atoms with van der Waals surface area (Å²) in [5.41, 5.74) is 6.26. The van der Waals surface area contributed by atoms with Crippen LogP contribution in [0.4, 0.5) is 0 Å². The van der Waals surface area contributed by atoms with Gasteiger partial charge in [-0.05, 0) is 25.5 Å². The van der Waals surface area contributed by atoms with Crippen LogP contribution in [0.3, 0.4) is 0 Å². The minimum absolute atomic E-state index is 0.0335. The molecule has 0 unspecified atom stereocenters. The summed E-state index contributed by atoms with van der Waals surface area (Å²) in [5.74, 6) is -0.431. The average Bonchev–Trinajstić information content (AvgIpc) is 2.27. The van der Waals surface area contributed by atoms with Gasteiger partial charge in [0.2, 0.25) is 5.91 Å². The number of carbonyl (C=O) groups is 1. The number of aliphatic hydroxyl groups excluding tert-OH is 1. The summed E-state index contributed by atoms with van der Waals surface area (Å²) in [6.45, 7) is 4.32. The molecule has 0 spiro atoms. The van der Waals surface area contributed by atoms with Gasteiger partial charge in [-0.1, -0.05) is 18.2 Å². The van der Waals surface area contributed by atoms with Crippen LogP contribution in [-0.4, -0.2) is 23.2 Å². The van der Waals surface area contributed by atoms with Crippen molar-refractivity contribution in [1.82, 2.24) is 5.32 Å². The monoisotopic (exact) mass is 222 g/mol. The van der Waals surface area contributed by atoms with Crippen LogP contribution >= 0.6 is 0 Å². The first-order valence-corrected chi connectivity index (χ1v) is 5.20. The molecular formula is C12H18N2O2. The van der Waals surface area contributed by atoms with Crippen LogP contribution in [0, 0.1) is 0 Å². The van der Waals surface area contributed by atoms with Crippen molar-refractivity contribution in [2.24, 2.45) is 5.73 Å². The molecule has 0 fully saturated rings. The Morgan fingerprint density at radius 2 is 2.06 bits per heavy atom. The van der Waals surface area contributed by atoms with Crippen LogP contribution in [0.5, 0.6) is 0 Å². The van der Waals surface area contributed by atoms with Crippen molar-refractivity contribution in [3.05, 3.63) is 35.4 Å². The van der Waals surface area contributed by atoms with E-state index in [-0.39, 0.29) is 12.1 Å². The Kier molecular flexibility index (Phi) is 4.04. The van der Waals surface area contributed by atoms with E-state index < -0.39 is 5.91 Å². The van der Waals surface area contributed by atoms with Gasteiger partial charge < -0.3 is 16.2 Å². The van der Waals surface area contributed by atoms with Crippen LogP contribution in [-0.2, 0) is 6.54 Å². The van der Waals surface area contributed by atoms with E-state index in [9.17, 15) is 4.79 Å². The van der Waals surface area contributed by atoms with Crippen LogP contribution in [0.1, 0.15) is 29.8 Å². The van der Waals surface area contributed by atoms with Gasteiger partial charge in [-0.15, -0.1) is 0 Å². The molecule has 88 valence electrons. The molecule has 1 amide bonds. The molecule has 1 aromatic rings. The molecule has 0 aliphatic carbocycles. The number of nitrogens with one attached hydrogen (secondary N) is 1. The smallest absolute Gasteiger partial charge is 0.249 e. The first-order chi connectivity index (χ1) is 7.46. The third-order valence-electron chi connectivity index (χ3n) is 2.44. The van der Waals surface area contributed by atoms with Crippen molar-refractivity contribution in [2.75, 3.05) is 6.61 Å². The Morgan fingerprint density at radius 3 is 2.62 bits per heavy atom. The number of benzene rings is 1. The highest BCUT2D eigenvalue weighted by Gasteiger charge is 2.16. The summed E-state index contributed by atoms with van der Waals surface area (Å²) in [7, 11) is 0. The summed E-state index contributed by atoms with van der Waals surface area (Å²) in [6, 6.07) is 7.18. The molecular weight excluding hydrogens is 204 g/mol. The lowest BCUT2D eigenvalue weighted by molar-refractivity contribution is 0.0999. The minimum Gasteiger partial charge on any atom is -0.394 e. The maximum absolute atomic E-state index is 11.2. The van der Waals surface area contributed by atoms with E-state index in [1.807, 2.05) is 26.0 Å². The molecule has 4 nitrogen and oxygen atoms in total. The van der Waals surface area contributed by atoms with Crippen molar-refractivity contribution in [2.45, 2.75) is 25.9 Å². The van der Waals surface area contributed by atoms with E-state index in [4.69, 9.17) is 10.8 Å². The Morgan fingerprint density at radius 1 is 1.44 bits per heavy atom. The Hall–Kier alpha value is -1.39. The second-order valence-corrected chi connectivity index (χ2v) is 4.42. The summed E-state index contributed by atoms with van der Waals surface area (Å²) >= 11 is 0. The standard InChI is InChI=1S/C12H18N2O2/c1-12(2,8-15)14-7-9-5-3-4-6-10(9)11(13)16/h3-6,14-15H,7-8H2,1-2H3,(H2,13,16). The lowest BCUT2D eigenvalue weighted by Crippen LogP contribution is -2.42. The van der Waals surface area contributed by atoms with Crippen LogP contribution < -0.4 is 11.1 Å². The predicted octanol–water partition coefficient (Wildman–Crippen LogP) is 0.646. The topological polar surface area (TPSA) is 75.3 Å². The van der Waals surface area contributed by atoms with Crippen LogP contribution in [0.25, 0.3) is 0 Å². The fourth-order valence-corrected chi connectivity index (χ4v) is 1.31. The summed E-state index contributed by atoms with van der Waals surface area (Å²) in [6.07, 6.45) is 0. The molecule has 0 radical (unpaired) electrons. The van der Waals surface area contributed by atoms with Crippen LogP contribution in [0.15, 0.2) is 24.3 Å². The first kappa shape index (κ1) is 12.7. The Labute approximate surface area is 95.5 Å². The molecule has 0 aromatic heterocycles. The van der Waals surface area contributed by atoms with E-state index in [1.54, 1.807) is 12.1 Å². The number of hydrogen-bond acceptors (Lipinski definition) is 3. The van der Waals surface area contributed by atoms with E-state index in [2.05, 4.69) is 5.32 Å². The largest absolute Gasteiger partial charge is 0.394 e. The third kappa shape index (κ3) is 3.32. The summed E-state index contributed by atoms with van der Waals surface area (Å²) < 4.78 is 0. The fraction of sp³-hybridized carbons (Fsp3) is 0.417. The SMILES string of the molecule is CC(C)(CO)NCc1ccccc1C(N)=O. The molecule has 0 heterocycles. The number of hydrogen-bond donors (Lipinski definition) is 3. The van der Waals surface area contributed by atoms with E-state index in [1.165, 1.54) is 0 Å². The van der Waals surface area contributed by atoms with Gasteiger partial charge in [-0.3, -0.25) is 4.79 Å². The zero-order chi connectivity index (χ0) is 12.2. The van der Waals surface area contributed by atoms with Gasteiger partial charge in [-0.2, -0.15) is 0 Å². The van der Waals surface area contributed by atoms with Gasteiger partial charge in [0.05, 0.1) is 6.61 Å². The van der Waals surface area contributed by atoms with Gasteiger partial charge in [0.15, 0.2) is 0 Å². The molecule has 0 aliphatic heterocycles. The highest BCUT2D eigenvalue weighted by molar-refractivity contribution is 5.94. The van der Waals surface area contributed by atoms with Crippen molar-refractivity contribution >= 4 is 5.91 Å². The average molecular weight is 222 g/mol. The molecule has 4 heteroatoms. The number of rotatable bonds is 5. The zero-order valence-corrected chi connectivity index (χ0v) is 9.66. The molecule has 4 N–H and O–H groups in total. The molecule has 0 saturated carbocycles. The van der Waals surface area contributed by atoms with Gasteiger partial charge >= 0.3 is 0 Å². The van der Waals surface area contributed by atoms with Crippen molar-refractivity contribution < 1.29 is 9.90 Å². The highest BCUT2D eigenvalue weighted by atomic mass is 16.3. The number of primary amides is 1. The summed E-state index contributed by atoms with van der Waals surface area (Å²) in [4.78, 5) is 11.2. The molecule has 1 rings (SSSR count). The lowest BCUT2D eigenvalue weighted by Gasteiger charge is -2.24. The van der Waals surface area contributed by atoms with E-state index in [0.717, 1.165) is 5.56 Å². The number of aliphatic hydroxyl groups is 1. The third-order valence-corrected chi connectivity index (χ3v) is 2.44. The Bertz CT molecular complexity index is 375. The second-order valence-electron chi connectivity index (χ2n) is 4.42. The van der Waals surface area contributed by atoms with Crippen molar-refractivity contribution in [3.8, 4) is 0 Å². The molecule has 0 bridgehead atoms. The van der Waals surface area contributed by atoms with Crippen LogP contribution in [0.2, 0.25) is 0 Å². The quantitative estimate of drug-likeness (QED) is 0.684. The zero-order valence-electron chi connectivity index (χ0n) is 9.66. The fourth-order valence-electron chi connectivity index (χ4n) is 1.31. The molecule has 0 saturated heterocycles. The van der Waals surface area contributed by atoms with Crippen molar-refractivity contribution in [1.29, 1.82) is 0 Å². The first-order valence-electron chi connectivity index (χ1n) is 5.20. The number of nitrogens with two attached hydrogens (primary N) is 1. The van der Waals surface area contributed by atoms with E-state index in [0.29, 0.717) is 12.1 Å². The Balaban J connectivity index is 2.78. The molecule has 0 atom stereocenters. The summed E-state index contributed by atoms with van der Waals surface area (Å²) in [5, 5.41) is 12.3.